The van der Waals surface area contributed by atoms with Crippen LogP contribution in [0.5, 0.6) is 0 Å². The summed E-state index contributed by atoms with van der Waals surface area (Å²) in [5.41, 5.74) is 0. The predicted molar refractivity (Wildman–Crippen MR) is 60.0 cm³/mol. The second kappa shape index (κ2) is 18.2. The van der Waals surface area contributed by atoms with Gasteiger partial charge in [-0.05, 0) is 0 Å². The number of unbranched alkanes of at least 4 members (excludes halogenated alkanes) is 4. The van der Waals surface area contributed by atoms with Crippen molar-refractivity contribution in [2.75, 3.05) is 0 Å². The standard InChI is InChI=1S/C7H16.CH4.2H3O4P.H2O/c1-3-5-7-6-4-2;;2*1-5(2,3)4;/h3-7H2,1-2H3;1H4;2*(H3,1,2,3,4);1H2/p-6. The summed E-state index contributed by atoms with van der Waals surface area (Å²) in [7, 11) is -10.8. The third-order valence-electron chi connectivity index (χ3n) is 1.21. The van der Waals surface area contributed by atoms with E-state index in [0.29, 0.717) is 0 Å². The normalized spacial score (nSPS) is 9.68. The molecular formula is C8H22O9P2-6. The summed E-state index contributed by atoms with van der Waals surface area (Å²) < 4.78 is 17.1. The molecule has 0 aliphatic heterocycles. The SMILES string of the molecule is C.CCCCCCC.O.O=P([O-])([O-])[O-].O=P([O-])([O-])[O-]. The van der Waals surface area contributed by atoms with Crippen LogP contribution in [0.3, 0.4) is 0 Å². The van der Waals surface area contributed by atoms with Crippen molar-refractivity contribution in [1.29, 1.82) is 0 Å². The van der Waals surface area contributed by atoms with Crippen LogP contribution in [0.15, 0.2) is 0 Å². The molecule has 11 heteroatoms. The zero-order chi connectivity index (χ0) is 14.5. The lowest BCUT2D eigenvalue weighted by Gasteiger charge is -2.36. The molecular weight excluding hydrogens is 302 g/mol. The third kappa shape index (κ3) is 272. The van der Waals surface area contributed by atoms with E-state index >= 15 is 0 Å². The molecule has 0 saturated carbocycles. The zero-order valence-electron chi connectivity index (χ0n) is 10.2. The summed E-state index contributed by atoms with van der Waals surface area (Å²) in [6, 6.07) is 0. The molecule has 0 bridgehead atoms. The summed E-state index contributed by atoms with van der Waals surface area (Å²) in [4.78, 5) is 51.3. The molecule has 0 heterocycles. The Labute approximate surface area is 114 Å². The van der Waals surface area contributed by atoms with E-state index in [9.17, 15) is 0 Å². The summed E-state index contributed by atoms with van der Waals surface area (Å²) in [5, 5.41) is 0. The number of hydrogen-bond donors (Lipinski definition) is 0. The van der Waals surface area contributed by atoms with Crippen molar-refractivity contribution in [1.82, 2.24) is 0 Å². The highest BCUT2D eigenvalue weighted by Crippen LogP contribution is 2.03. The molecule has 0 amide bonds. The van der Waals surface area contributed by atoms with E-state index in [4.69, 9.17) is 38.5 Å². The van der Waals surface area contributed by atoms with Gasteiger partial charge in [-0.25, -0.2) is 0 Å². The molecule has 0 aromatic heterocycles. The van der Waals surface area contributed by atoms with Gasteiger partial charge in [-0.3, -0.25) is 0 Å². The Balaban J connectivity index is -0.0000000500. The molecule has 0 radical (unpaired) electrons. The number of hydrogen-bond acceptors (Lipinski definition) is 8. The maximum Gasteiger partial charge on any atom is -0.0533 e. The fourth-order valence-electron chi connectivity index (χ4n) is 0.677. The van der Waals surface area contributed by atoms with Crippen LogP contribution in [0.4, 0.5) is 0 Å². The quantitative estimate of drug-likeness (QED) is 0.387. The molecule has 9 nitrogen and oxygen atoms in total. The van der Waals surface area contributed by atoms with Crippen molar-refractivity contribution in [2.24, 2.45) is 0 Å². The largest absolute Gasteiger partial charge is 0.822 e. The first-order valence-corrected chi connectivity index (χ1v) is 7.80. The summed E-state index contributed by atoms with van der Waals surface area (Å²) in [5.74, 6) is 0. The first-order valence-electron chi connectivity index (χ1n) is 4.87. The van der Waals surface area contributed by atoms with Crippen molar-refractivity contribution >= 4 is 15.6 Å². The molecule has 0 atom stereocenters. The minimum absolute atomic E-state index is 0. The van der Waals surface area contributed by atoms with Crippen molar-refractivity contribution in [3.63, 3.8) is 0 Å². The van der Waals surface area contributed by atoms with Gasteiger partial charge in [-0.2, -0.15) is 15.6 Å². The van der Waals surface area contributed by atoms with E-state index in [-0.39, 0.29) is 12.9 Å². The fourth-order valence-corrected chi connectivity index (χ4v) is 0.677. The van der Waals surface area contributed by atoms with Gasteiger partial charge < -0.3 is 44.0 Å². The van der Waals surface area contributed by atoms with Gasteiger partial charge in [0.05, 0.1) is 0 Å². The van der Waals surface area contributed by atoms with E-state index in [2.05, 4.69) is 13.8 Å². The Morgan fingerprint density at radius 1 is 0.684 bits per heavy atom. The minimum Gasteiger partial charge on any atom is -0.822 e. The second-order valence-electron chi connectivity index (χ2n) is 2.96. The smallest absolute Gasteiger partial charge is 0.0533 e. The summed E-state index contributed by atoms with van der Waals surface area (Å²) in [6.07, 6.45) is 7.01. The van der Waals surface area contributed by atoms with Crippen molar-refractivity contribution < 1.29 is 44.0 Å². The highest BCUT2D eigenvalue weighted by Gasteiger charge is 1.80. The summed E-state index contributed by atoms with van der Waals surface area (Å²) >= 11 is 0. The molecule has 0 spiro atoms. The van der Waals surface area contributed by atoms with Crippen molar-refractivity contribution in [2.45, 2.75) is 53.4 Å². The van der Waals surface area contributed by atoms with Gasteiger partial charge in [-0.15, -0.1) is 0 Å². The molecule has 124 valence electrons. The molecule has 0 rings (SSSR count). The predicted octanol–water partition coefficient (Wildman–Crippen LogP) is -2.86. The fraction of sp³-hybridized carbons (Fsp3) is 1.00. The van der Waals surface area contributed by atoms with Gasteiger partial charge in [-0.1, -0.05) is 53.4 Å². The lowest BCUT2D eigenvalue weighted by Crippen LogP contribution is -2.24. The Hall–Kier alpha value is 0.180. The van der Waals surface area contributed by atoms with Crippen LogP contribution in [0.25, 0.3) is 0 Å². The minimum atomic E-state index is -5.39. The van der Waals surface area contributed by atoms with E-state index in [1.807, 2.05) is 0 Å². The molecule has 0 aromatic carbocycles. The van der Waals surface area contributed by atoms with Gasteiger partial charge in [0.2, 0.25) is 0 Å². The monoisotopic (exact) mass is 324 g/mol. The van der Waals surface area contributed by atoms with Crippen LogP contribution >= 0.6 is 15.6 Å². The second-order valence-corrected chi connectivity index (χ2v) is 4.74. The average Bonchev–Trinajstić information content (AvgIpc) is 1.99. The van der Waals surface area contributed by atoms with Crippen LogP contribution in [0.1, 0.15) is 53.4 Å². The van der Waals surface area contributed by atoms with Gasteiger partial charge in [0.1, 0.15) is 0 Å². The highest BCUT2D eigenvalue weighted by molar-refractivity contribution is 7.40. The van der Waals surface area contributed by atoms with E-state index in [0.717, 1.165) is 0 Å². The van der Waals surface area contributed by atoms with Crippen molar-refractivity contribution in [3.8, 4) is 0 Å². The maximum absolute atomic E-state index is 8.55. The molecule has 0 aliphatic carbocycles. The van der Waals surface area contributed by atoms with Crippen LogP contribution < -0.4 is 29.4 Å². The number of phosphoric acid groups is 2. The first kappa shape index (κ1) is 31.5. The molecule has 19 heavy (non-hydrogen) atoms. The Kier molecular flexibility index (Phi) is 30.2. The lowest BCUT2D eigenvalue weighted by molar-refractivity contribution is -0.434. The van der Waals surface area contributed by atoms with Gasteiger partial charge in [0.25, 0.3) is 0 Å². The maximum atomic E-state index is 8.55. The molecule has 0 unspecified atom stereocenters. The van der Waals surface area contributed by atoms with E-state index in [1.165, 1.54) is 32.1 Å². The van der Waals surface area contributed by atoms with Crippen LogP contribution in [-0.2, 0) is 9.13 Å². The van der Waals surface area contributed by atoms with Crippen molar-refractivity contribution in [3.05, 3.63) is 0 Å². The third-order valence-corrected chi connectivity index (χ3v) is 1.21. The van der Waals surface area contributed by atoms with Gasteiger partial charge >= 0.3 is 0 Å². The summed E-state index contributed by atoms with van der Waals surface area (Å²) in [6.45, 7) is 4.49. The Morgan fingerprint density at radius 2 is 0.842 bits per heavy atom. The average molecular weight is 324 g/mol. The molecule has 0 aliphatic rings. The first-order chi connectivity index (χ1) is 7.41. The molecule has 2 N–H and O–H groups in total. The van der Waals surface area contributed by atoms with Gasteiger partial charge in [0, 0.05) is 0 Å². The van der Waals surface area contributed by atoms with Crippen LogP contribution in [-0.4, -0.2) is 5.48 Å². The zero-order valence-corrected chi connectivity index (χ0v) is 12.0. The molecule has 0 saturated heterocycles. The van der Waals surface area contributed by atoms with Crippen LogP contribution in [0, 0.1) is 0 Å². The van der Waals surface area contributed by atoms with E-state index < -0.39 is 15.6 Å². The molecule has 0 aromatic rings. The number of rotatable bonds is 4. The Morgan fingerprint density at radius 3 is 0.947 bits per heavy atom. The molecule has 0 fully saturated rings. The van der Waals surface area contributed by atoms with Crippen LogP contribution in [0.2, 0.25) is 0 Å². The highest BCUT2D eigenvalue weighted by atomic mass is 31.2. The Bertz CT molecular complexity index is 194. The van der Waals surface area contributed by atoms with E-state index in [1.54, 1.807) is 0 Å². The lowest BCUT2D eigenvalue weighted by atomic mass is 10.2. The van der Waals surface area contributed by atoms with Gasteiger partial charge in [0.15, 0.2) is 0 Å². The topological polar surface area (TPSA) is 204 Å².